The molecule has 0 aromatic heterocycles. The van der Waals surface area contributed by atoms with E-state index in [-0.39, 0.29) is 11.7 Å². The average molecular weight is 376 g/mol. The minimum atomic E-state index is -0.415. The van der Waals surface area contributed by atoms with E-state index in [1.165, 1.54) is 11.6 Å². The largest absolute Gasteiger partial charge is 0.393 e. The Morgan fingerprint density at radius 2 is 2.04 bits per heavy atom. The summed E-state index contributed by atoms with van der Waals surface area (Å²) in [6.45, 7) is 0.789. The number of halogens is 1. The maximum Gasteiger partial charge on any atom is 0.293 e. The molecule has 2 aromatic carbocycles. The van der Waals surface area contributed by atoms with Crippen LogP contribution in [0.1, 0.15) is 23.1 Å². The molecular weight excluding hydrogens is 358 g/mol. The van der Waals surface area contributed by atoms with Crippen LogP contribution in [-0.4, -0.2) is 11.0 Å². The van der Waals surface area contributed by atoms with Crippen molar-refractivity contribution in [3.8, 4) is 0 Å². The molecule has 120 valence electrons. The molecule has 0 spiro atoms. The number of nitrogen functional groups attached to an aromatic ring is 1. The van der Waals surface area contributed by atoms with Crippen molar-refractivity contribution in [2.24, 2.45) is 0 Å². The third-order valence-electron chi connectivity index (χ3n) is 4.34. The topological polar surface area (TPSA) is 81.2 Å². The summed E-state index contributed by atoms with van der Waals surface area (Å²) in [6.07, 6.45) is 2.58. The van der Waals surface area contributed by atoms with Crippen molar-refractivity contribution in [2.75, 3.05) is 5.73 Å². The molecular formula is C17H18BrN3O2. The fourth-order valence-electron chi connectivity index (χ4n) is 3.10. The van der Waals surface area contributed by atoms with Gasteiger partial charge in [0.1, 0.15) is 5.69 Å². The quantitative estimate of drug-likeness (QED) is 0.486. The van der Waals surface area contributed by atoms with Gasteiger partial charge in [-0.1, -0.05) is 46.3 Å². The first-order valence-corrected chi connectivity index (χ1v) is 8.37. The molecule has 23 heavy (non-hydrogen) atoms. The standard InChI is InChI=1S/C17H18BrN3O2/c18-15-9-16(21(22)23)17(19)14-8-12(6-7-13(14)15)20-10-11-4-2-1-3-5-11/h1-5,9,12,20H,6-8,10,19H2. The Balaban J connectivity index is 1.78. The Morgan fingerprint density at radius 1 is 1.30 bits per heavy atom. The molecule has 1 aliphatic rings. The fraction of sp³-hybridized carbons (Fsp3) is 0.294. The van der Waals surface area contributed by atoms with Crippen molar-refractivity contribution in [1.29, 1.82) is 0 Å². The zero-order chi connectivity index (χ0) is 16.4. The van der Waals surface area contributed by atoms with Crippen molar-refractivity contribution in [3.63, 3.8) is 0 Å². The number of nitrogens with one attached hydrogen (secondary N) is 1. The monoisotopic (exact) mass is 375 g/mol. The number of hydrogen-bond acceptors (Lipinski definition) is 4. The molecule has 2 aromatic rings. The fourth-order valence-corrected chi connectivity index (χ4v) is 3.75. The van der Waals surface area contributed by atoms with E-state index in [0.29, 0.717) is 12.1 Å². The van der Waals surface area contributed by atoms with Gasteiger partial charge in [-0.3, -0.25) is 10.1 Å². The smallest absolute Gasteiger partial charge is 0.293 e. The first-order valence-electron chi connectivity index (χ1n) is 7.57. The number of benzene rings is 2. The Bertz CT molecular complexity index is 734. The van der Waals surface area contributed by atoms with Gasteiger partial charge < -0.3 is 11.1 Å². The molecule has 0 saturated heterocycles. The highest BCUT2D eigenvalue weighted by Gasteiger charge is 2.27. The molecule has 1 aliphatic carbocycles. The number of hydrogen-bond donors (Lipinski definition) is 2. The summed E-state index contributed by atoms with van der Waals surface area (Å²) in [4.78, 5) is 10.7. The molecule has 0 heterocycles. The molecule has 0 bridgehead atoms. The normalized spacial score (nSPS) is 16.8. The molecule has 0 radical (unpaired) electrons. The van der Waals surface area contributed by atoms with Crippen molar-refractivity contribution in [3.05, 3.63) is 67.7 Å². The lowest BCUT2D eigenvalue weighted by atomic mass is 9.86. The number of anilines is 1. The van der Waals surface area contributed by atoms with Crippen LogP contribution in [0.5, 0.6) is 0 Å². The van der Waals surface area contributed by atoms with Crippen molar-refractivity contribution < 1.29 is 4.92 Å². The lowest BCUT2D eigenvalue weighted by Gasteiger charge is -2.27. The number of nitro groups is 1. The van der Waals surface area contributed by atoms with E-state index in [2.05, 4.69) is 33.4 Å². The number of rotatable bonds is 4. The Labute approximate surface area is 143 Å². The molecule has 0 saturated carbocycles. The van der Waals surface area contributed by atoms with Gasteiger partial charge in [0, 0.05) is 23.1 Å². The summed E-state index contributed by atoms with van der Waals surface area (Å²) in [5.74, 6) is 0. The highest BCUT2D eigenvalue weighted by molar-refractivity contribution is 9.10. The highest BCUT2D eigenvalue weighted by Crippen LogP contribution is 2.38. The first-order chi connectivity index (χ1) is 11.1. The van der Waals surface area contributed by atoms with Crippen LogP contribution in [0.15, 0.2) is 40.9 Å². The van der Waals surface area contributed by atoms with Gasteiger partial charge >= 0.3 is 0 Å². The van der Waals surface area contributed by atoms with Crippen LogP contribution in [0.25, 0.3) is 0 Å². The van der Waals surface area contributed by atoms with E-state index in [1.807, 2.05) is 18.2 Å². The average Bonchev–Trinajstić information content (AvgIpc) is 2.57. The van der Waals surface area contributed by atoms with Crippen LogP contribution in [0.4, 0.5) is 11.4 Å². The van der Waals surface area contributed by atoms with Crippen LogP contribution < -0.4 is 11.1 Å². The molecule has 0 amide bonds. The predicted molar refractivity (Wildman–Crippen MR) is 94.3 cm³/mol. The lowest BCUT2D eigenvalue weighted by Crippen LogP contribution is -2.34. The van der Waals surface area contributed by atoms with Gasteiger partial charge in [0.15, 0.2) is 0 Å². The minimum Gasteiger partial charge on any atom is -0.393 e. The third kappa shape index (κ3) is 3.38. The second-order valence-electron chi connectivity index (χ2n) is 5.81. The van der Waals surface area contributed by atoms with E-state index < -0.39 is 4.92 Å². The number of fused-ring (bicyclic) bond motifs is 1. The summed E-state index contributed by atoms with van der Waals surface area (Å²) >= 11 is 3.45. The van der Waals surface area contributed by atoms with Gasteiger partial charge in [-0.05, 0) is 36.0 Å². The van der Waals surface area contributed by atoms with E-state index in [9.17, 15) is 10.1 Å². The molecule has 0 aliphatic heterocycles. The van der Waals surface area contributed by atoms with Gasteiger partial charge in [-0.25, -0.2) is 0 Å². The second kappa shape index (κ2) is 6.68. The summed E-state index contributed by atoms with van der Waals surface area (Å²) in [5.41, 5.74) is 9.58. The lowest BCUT2D eigenvalue weighted by molar-refractivity contribution is -0.384. The number of nitro benzene ring substituents is 1. The molecule has 0 fully saturated rings. The van der Waals surface area contributed by atoms with Gasteiger partial charge in [-0.15, -0.1) is 0 Å². The number of nitrogens with two attached hydrogens (primary N) is 1. The maximum atomic E-state index is 11.1. The van der Waals surface area contributed by atoms with Crippen LogP contribution in [-0.2, 0) is 19.4 Å². The van der Waals surface area contributed by atoms with Gasteiger partial charge in [0.25, 0.3) is 5.69 Å². The zero-order valence-corrected chi connectivity index (χ0v) is 14.2. The minimum absolute atomic E-state index is 0.0145. The SMILES string of the molecule is Nc1c([N+](=O)[O-])cc(Br)c2c1CC(NCc1ccccc1)CC2. The molecule has 3 N–H and O–H groups in total. The summed E-state index contributed by atoms with van der Waals surface area (Å²) in [7, 11) is 0. The predicted octanol–water partition coefficient (Wildman–Crippen LogP) is 3.59. The zero-order valence-electron chi connectivity index (χ0n) is 12.6. The van der Waals surface area contributed by atoms with E-state index in [0.717, 1.165) is 35.0 Å². The molecule has 1 atom stereocenters. The van der Waals surface area contributed by atoms with Crippen LogP contribution in [0.3, 0.4) is 0 Å². The summed E-state index contributed by atoms with van der Waals surface area (Å²) in [6, 6.07) is 12.0. The van der Waals surface area contributed by atoms with Crippen molar-refractivity contribution in [2.45, 2.75) is 31.8 Å². The van der Waals surface area contributed by atoms with Crippen LogP contribution >= 0.6 is 15.9 Å². The van der Waals surface area contributed by atoms with Crippen molar-refractivity contribution in [1.82, 2.24) is 5.32 Å². The van der Waals surface area contributed by atoms with Gasteiger partial charge in [0.2, 0.25) is 0 Å². The Hall–Kier alpha value is -1.92. The van der Waals surface area contributed by atoms with E-state index in [4.69, 9.17) is 5.73 Å². The highest BCUT2D eigenvalue weighted by atomic mass is 79.9. The summed E-state index contributed by atoms with van der Waals surface area (Å²) < 4.78 is 0.787. The molecule has 6 heteroatoms. The van der Waals surface area contributed by atoms with Crippen LogP contribution in [0, 0.1) is 10.1 Å². The maximum absolute atomic E-state index is 11.1. The first kappa shape index (κ1) is 16.0. The summed E-state index contributed by atoms with van der Waals surface area (Å²) in [5, 5.41) is 14.7. The van der Waals surface area contributed by atoms with Crippen molar-refractivity contribution >= 4 is 27.3 Å². The Morgan fingerprint density at radius 3 is 2.74 bits per heavy atom. The molecule has 1 unspecified atom stereocenters. The van der Waals surface area contributed by atoms with Gasteiger partial charge in [-0.2, -0.15) is 0 Å². The van der Waals surface area contributed by atoms with Gasteiger partial charge in [0.05, 0.1) is 4.92 Å². The Kier molecular flexibility index (Phi) is 4.63. The van der Waals surface area contributed by atoms with E-state index in [1.54, 1.807) is 0 Å². The van der Waals surface area contributed by atoms with E-state index >= 15 is 0 Å². The van der Waals surface area contributed by atoms with Crippen LogP contribution in [0.2, 0.25) is 0 Å². The third-order valence-corrected chi connectivity index (χ3v) is 5.05. The molecule has 5 nitrogen and oxygen atoms in total. The second-order valence-corrected chi connectivity index (χ2v) is 6.67. The number of nitrogens with zero attached hydrogens (tertiary/aromatic N) is 1. The molecule has 3 rings (SSSR count).